The van der Waals surface area contributed by atoms with Crippen molar-refractivity contribution in [1.82, 2.24) is 9.97 Å². The zero-order valence-electron chi connectivity index (χ0n) is 15.6. The van der Waals surface area contributed by atoms with E-state index in [-0.39, 0.29) is 5.91 Å². The van der Waals surface area contributed by atoms with E-state index in [2.05, 4.69) is 15.3 Å². The molecule has 0 saturated carbocycles. The largest absolute Gasteiger partial charge is 0.457 e. The van der Waals surface area contributed by atoms with E-state index in [4.69, 9.17) is 10.5 Å². The number of nitrogens with two attached hydrogens (primary N) is 1. The maximum Gasteiger partial charge on any atom is 0.257 e. The second kappa shape index (κ2) is 8.54. The molecule has 30 heavy (non-hydrogen) atoms. The van der Waals surface area contributed by atoms with Crippen LogP contribution >= 0.6 is 11.3 Å². The number of carbonyl (C=O) groups is 2. The highest BCUT2D eigenvalue weighted by Crippen LogP contribution is 2.25. The predicted molar refractivity (Wildman–Crippen MR) is 115 cm³/mol. The molecule has 0 bridgehead atoms. The Bertz CT molecular complexity index is 1170. The molecule has 0 radical (unpaired) electrons. The van der Waals surface area contributed by atoms with Crippen molar-refractivity contribution in [3.63, 3.8) is 0 Å². The monoisotopic (exact) mass is 416 g/mol. The topological polar surface area (TPSA) is 107 Å². The fraction of sp³-hybridized carbons (Fsp3) is 0. The maximum atomic E-state index is 12.5. The van der Waals surface area contributed by atoms with Crippen LogP contribution in [0.25, 0.3) is 11.3 Å². The number of thiazole rings is 1. The summed E-state index contributed by atoms with van der Waals surface area (Å²) in [5.41, 5.74) is 7.75. The van der Waals surface area contributed by atoms with Gasteiger partial charge < -0.3 is 10.5 Å². The first kappa shape index (κ1) is 19.3. The van der Waals surface area contributed by atoms with Gasteiger partial charge in [0.15, 0.2) is 5.13 Å². The predicted octanol–water partition coefficient (Wildman–Crippen LogP) is 4.35. The fourth-order valence-corrected chi connectivity index (χ4v) is 3.36. The molecule has 0 atom stereocenters. The highest BCUT2D eigenvalue weighted by atomic mass is 32.1. The van der Waals surface area contributed by atoms with Gasteiger partial charge in [-0.25, -0.2) is 4.98 Å². The Kier molecular flexibility index (Phi) is 5.49. The summed E-state index contributed by atoms with van der Waals surface area (Å²) < 4.78 is 5.72. The summed E-state index contributed by atoms with van der Waals surface area (Å²) in [7, 11) is 0. The van der Waals surface area contributed by atoms with Crippen LogP contribution in [0.3, 0.4) is 0 Å². The van der Waals surface area contributed by atoms with Crippen LogP contribution in [0.2, 0.25) is 0 Å². The van der Waals surface area contributed by atoms with Crippen molar-refractivity contribution in [1.29, 1.82) is 0 Å². The average molecular weight is 416 g/mol. The lowest BCUT2D eigenvalue weighted by atomic mass is 10.2. The summed E-state index contributed by atoms with van der Waals surface area (Å²) in [6, 6.07) is 17.0. The number of amides is 2. The quantitative estimate of drug-likeness (QED) is 0.486. The van der Waals surface area contributed by atoms with E-state index in [1.54, 1.807) is 60.9 Å². The van der Waals surface area contributed by atoms with Crippen LogP contribution in [0.1, 0.15) is 20.7 Å². The molecule has 0 aliphatic heterocycles. The van der Waals surface area contributed by atoms with Crippen LogP contribution in [0.4, 0.5) is 5.13 Å². The molecule has 2 aromatic heterocycles. The number of rotatable bonds is 6. The van der Waals surface area contributed by atoms with Crippen molar-refractivity contribution in [2.75, 3.05) is 5.32 Å². The second-order valence-corrected chi connectivity index (χ2v) is 7.11. The zero-order valence-corrected chi connectivity index (χ0v) is 16.4. The van der Waals surface area contributed by atoms with Crippen molar-refractivity contribution < 1.29 is 14.3 Å². The number of ether oxygens (including phenoxy) is 1. The van der Waals surface area contributed by atoms with E-state index in [0.29, 0.717) is 27.8 Å². The lowest BCUT2D eigenvalue weighted by Gasteiger charge is -2.07. The van der Waals surface area contributed by atoms with Crippen LogP contribution < -0.4 is 15.8 Å². The molecule has 2 heterocycles. The van der Waals surface area contributed by atoms with Gasteiger partial charge in [0, 0.05) is 34.5 Å². The summed E-state index contributed by atoms with van der Waals surface area (Å²) in [6.45, 7) is 0. The molecule has 0 unspecified atom stereocenters. The zero-order chi connectivity index (χ0) is 20.9. The molecular weight excluding hydrogens is 400 g/mol. The fourth-order valence-electron chi connectivity index (χ4n) is 2.64. The second-order valence-electron chi connectivity index (χ2n) is 6.25. The summed E-state index contributed by atoms with van der Waals surface area (Å²) in [5.74, 6) is 0.360. The minimum Gasteiger partial charge on any atom is -0.457 e. The first-order valence-electron chi connectivity index (χ1n) is 8.93. The van der Waals surface area contributed by atoms with Gasteiger partial charge in [-0.2, -0.15) is 0 Å². The number of carbonyl (C=O) groups excluding carboxylic acids is 2. The van der Waals surface area contributed by atoms with Crippen LogP contribution in [-0.4, -0.2) is 21.8 Å². The normalized spacial score (nSPS) is 10.4. The Morgan fingerprint density at radius 2 is 1.60 bits per heavy atom. The summed E-state index contributed by atoms with van der Waals surface area (Å²) in [6.07, 6.45) is 3.42. The Balaban J connectivity index is 1.39. The number of pyridine rings is 1. The van der Waals surface area contributed by atoms with Crippen molar-refractivity contribution in [2.24, 2.45) is 5.73 Å². The Morgan fingerprint density at radius 1 is 0.933 bits per heavy atom. The molecule has 0 aliphatic rings. The van der Waals surface area contributed by atoms with E-state index in [9.17, 15) is 9.59 Å². The highest BCUT2D eigenvalue weighted by molar-refractivity contribution is 7.14. The van der Waals surface area contributed by atoms with Crippen molar-refractivity contribution in [3.8, 4) is 22.8 Å². The van der Waals surface area contributed by atoms with E-state index in [1.165, 1.54) is 11.3 Å². The number of anilines is 1. The van der Waals surface area contributed by atoms with Gasteiger partial charge in [-0.15, -0.1) is 11.3 Å². The summed E-state index contributed by atoms with van der Waals surface area (Å²) in [5, 5.41) is 5.17. The molecule has 0 aliphatic carbocycles. The molecule has 0 fully saturated rings. The summed E-state index contributed by atoms with van der Waals surface area (Å²) in [4.78, 5) is 32.1. The third-order valence-electron chi connectivity index (χ3n) is 4.17. The minimum atomic E-state index is -0.496. The highest BCUT2D eigenvalue weighted by Gasteiger charge is 2.11. The molecule has 148 valence electrons. The number of aromatic nitrogens is 2. The van der Waals surface area contributed by atoms with Gasteiger partial charge in [0.05, 0.1) is 5.69 Å². The third kappa shape index (κ3) is 4.50. The Labute approximate surface area is 176 Å². The molecule has 0 saturated heterocycles. The van der Waals surface area contributed by atoms with Gasteiger partial charge >= 0.3 is 0 Å². The Hall–Kier alpha value is -4.04. The molecule has 3 N–H and O–H groups in total. The number of primary amides is 1. The Morgan fingerprint density at radius 3 is 2.20 bits per heavy atom. The minimum absolute atomic E-state index is 0.264. The van der Waals surface area contributed by atoms with Crippen LogP contribution in [0.5, 0.6) is 11.5 Å². The number of benzene rings is 2. The van der Waals surface area contributed by atoms with Gasteiger partial charge in [0.1, 0.15) is 11.5 Å². The van der Waals surface area contributed by atoms with Crippen molar-refractivity contribution >= 4 is 28.3 Å². The molecule has 2 aromatic carbocycles. The van der Waals surface area contributed by atoms with E-state index in [1.807, 2.05) is 17.5 Å². The lowest BCUT2D eigenvalue weighted by molar-refractivity contribution is 0.0997. The SMILES string of the molecule is NC(=O)c1ccc(Oc2ccc(C(=O)Nc3nc(-c4cccnc4)cs3)cc2)cc1. The van der Waals surface area contributed by atoms with Crippen LogP contribution in [-0.2, 0) is 0 Å². The number of hydrogen-bond donors (Lipinski definition) is 2. The van der Waals surface area contributed by atoms with Gasteiger partial charge in [-0.1, -0.05) is 0 Å². The number of nitrogens with zero attached hydrogens (tertiary/aromatic N) is 2. The first-order valence-corrected chi connectivity index (χ1v) is 9.81. The van der Waals surface area contributed by atoms with Gasteiger partial charge in [-0.3, -0.25) is 19.9 Å². The van der Waals surface area contributed by atoms with Crippen molar-refractivity contribution in [2.45, 2.75) is 0 Å². The number of hydrogen-bond acceptors (Lipinski definition) is 6. The van der Waals surface area contributed by atoms with E-state index in [0.717, 1.165) is 11.3 Å². The smallest absolute Gasteiger partial charge is 0.257 e. The van der Waals surface area contributed by atoms with Crippen LogP contribution in [0, 0.1) is 0 Å². The van der Waals surface area contributed by atoms with Gasteiger partial charge in [0.25, 0.3) is 5.91 Å². The van der Waals surface area contributed by atoms with Crippen molar-refractivity contribution in [3.05, 3.63) is 89.6 Å². The van der Waals surface area contributed by atoms with E-state index >= 15 is 0 Å². The lowest BCUT2D eigenvalue weighted by Crippen LogP contribution is -2.11. The molecular formula is C22H16N4O3S. The summed E-state index contributed by atoms with van der Waals surface area (Å²) >= 11 is 1.35. The molecule has 4 aromatic rings. The molecule has 0 spiro atoms. The average Bonchev–Trinajstić information content (AvgIpc) is 3.24. The van der Waals surface area contributed by atoms with E-state index < -0.39 is 5.91 Å². The third-order valence-corrected chi connectivity index (χ3v) is 4.93. The van der Waals surface area contributed by atoms with Gasteiger partial charge in [0.2, 0.25) is 5.91 Å². The maximum absolute atomic E-state index is 12.5. The first-order chi connectivity index (χ1) is 14.6. The molecule has 8 heteroatoms. The van der Waals surface area contributed by atoms with Gasteiger partial charge in [-0.05, 0) is 60.7 Å². The standard InChI is InChI=1S/C22H16N4O3S/c23-20(27)14-3-7-17(8-4-14)29-18-9-5-15(6-10-18)21(28)26-22-25-19(13-30-22)16-2-1-11-24-12-16/h1-13H,(H2,23,27)(H,25,26,28). The van der Waals surface area contributed by atoms with Crippen LogP contribution in [0.15, 0.2) is 78.4 Å². The molecule has 2 amide bonds. The molecule has 7 nitrogen and oxygen atoms in total. The molecule has 4 rings (SSSR count). The number of nitrogens with one attached hydrogen (secondary N) is 1.